The summed E-state index contributed by atoms with van der Waals surface area (Å²) in [5.74, 6) is 0.818. The van der Waals surface area contributed by atoms with E-state index in [1.54, 1.807) is 11.3 Å². The van der Waals surface area contributed by atoms with Gasteiger partial charge in [0.2, 0.25) is 5.91 Å². The first-order valence-corrected chi connectivity index (χ1v) is 9.85. The van der Waals surface area contributed by atoms with Crippen LogP contribution in [0.2, 0.25) is 0 Å². The van der Waals surface area contributed by atoms with Crippen molar-refractivity contribution in [3.05, 3.63) is 22.4 Å². The first-order chi connectivity index (χ1) is 11.7. The molecule has 1 amide bonds. The van der Waals surface area contributed by atoms with Crippen molar-refractivity contribution in [2.24, 2.45) is 11.8 Å². The van der Waals surface area contributed by atoms with Crippen LogP contribution in [0.1, 0.15) is 11.3 Å². The number of hydrogen-bond donors (Lipinski definition) is 1. The molecule has 0 bridgehead atoms. The minimum absolute atomic E-state index is 0.182. The quantitative estimate of drug-likeness (QED) is 0.860. The van der Waals surface area contributed by atoms with E-state index in [0.717, 1.165) is 44.1 Å². The third kappa shape index (κ3) is 4.57. The first kappa shape index (κ1) is 17.9. The molecule has 2 atom stereocenters. The maximum absolute atomic E-state index is 12.5. The fourth-order valence-corrected chi connectivity index (χ4v) is 4.54. The zero-order valence-corrected chi connectivity index (χ0v) is 15.4. The number of rotatable bonds is 5. The van der Waals surface area contributed by atoms with Crippen molar-refractivity contribution < 1.29 is 9.90 Å². The van der Waals surface area contributed by atoms with E-state index < -0.39 is 0 Å². The van der Waals surface area contributed by atoms with Gasteiger partial charge in [-0.05, 0) is 43.9 Å². The monoisotopic (exact) mass is 351 g/mol. The minimum Gasteiger partial charge on any atom is -0.396 e. The van der Waals surface area contributed by atoms with E-state index in [4.69, 9.17) is 0 Å². The van der Waals surface area contributed by atoms with Crippen molar-refractivity contribution in [1.82, 2.24) is 14.7 Å². The van der Waals surface area contributed by atoms with E-state index in [9.17, 15) is 9.90 Å². The van der Waals surface area contributed by atoms with Crippen molar-refractivity contribution in [3.63, 3.8) is 0 Å². The highest BCUT2D eigenvalue weighted by atomic mass is 32.1. The number of aliphatic hydroxyl groups excluding tert-OH is 1. The molecule has 5 nitrogen and oxygen atoms in total. The van der Waals surface area contributed by atoms with Gasteiger partial charge >= 0.3 is 0 Å². The van der Waals surface area contributed by atoms with E-state index in [-0.39, 0.29) is 18.4 Å². The standard InChI is InChI=1S/C18H29N3O2S/c1-19-5-3-6-20(8-7-19)11-15-12-21(13-16(15)14-22)18(23)10-17-4-2-9-24-17/h2,4,9,15-16,22H,3,5-8,10-14H2,1H3/t15-,16-/m1/s1. The van der Waals surface area contributed by atoms with Gasteiger partial charge in [0.1, 0.15) is 0 Å². The fraction of sp³-hybridized carbons (Fsp3) is 0.722. The Balaban J connectivity index is 1.54. The molecule has 134 valence electrons. The molecule has 2 fully saturated rings. The van der Waals surface area contributed by atoms with Crippen LogP contribution in [0.15, 0.2) is 17.5 Å². The summed E-state index contributed by atoms with van der Waals surface area (Å²) in [6.07, 6.45) is 1.70. The molecule has 1 aromatic rings. The smallest absolute Gasteiger partial charge is 0.227 e. The Hall–Kier alpha value is -0.950. The van der Waals surface area contributed by atoms with Crippen LogP contribution in [0, 0.1) is 11.8 Å². The van der Waals surface area contributed by atoms with Crippen LogP contribution in [-0.2, 0) is 11.2 Å². The SMILES string of the molecule is CN1CCCN(C[C@@H]2CN(C(=O)Cc3cccs3)C[C@@H]2CO)CC1. The molecule has 2 aliphatic rings. The van der Waals surface area contributed by atoms with Crippen molar-refractivity contribution in [3.8, 4) is 0 Å². The van der Waals surface area contributed by atoms with Crippen LogP contribution in [0.5, 0.6) is 0 Å². The van der Waals surface area contributed by atoms with Crippen LogP contribution in [-0.4, -0.2) is 85.2 Å². The Morgan fingerprint density at radius 3 is 2.83 bits per heavy atom. The van der Waals surface area contributed by atoms with E-state index in [1.165, 1.54) is 6.42 Å². The highest BCUT2D eigenvalue weighted by Gasteiger charge is 2.35. The third-order valence-electron chi connectivity index (χ3n) is 5.37. The lowest BCUT2D eigenvalue weighted by Gasteiger charge is -2.26. The number of aliphatic hydroxyl groups is 1. The second-order valence-electron chi connectivity index (χ2n) is 7.22. The highest BCUT2D eigenvalue weighted by molar-refractivity contribution is 7.10. The maximum Gasteiger partial charge on any atom is 0.227 e. The molecule has 0 unspecified atom stereocenters. The van der Waals surface area contributed by atoms with Gasteiger partial charge in [-0.25, -0.2) is 0 Å². The summed E-state index contributed by atoms with van der Waals surface area (Å²) in [6, 6.07) is 4.01. The summed E-state index contributed by atoms with van der Waals surface area (Å²) in [4.78, 5) is 20.5. The van der Waals surface area contributed by atoms with Gasteiger partial charge in [0, 0.05) is 50.1 Å². The molecule has 3 rings (SSSR count). The number of carbonyl (C=O) groups excluding carboxylic acids is 1. The topological polar surface area (TPSA) is 47.0 Å². The number of amides is 1. The second kappa shape index (κ2) is 8.43. The number of thiophene rings is 1. The summed E-state index contributed by atoms with van der Waals surface area (Å²) < 4.78 is 0. The maximum atomic E-state index is 12.5. The van der Waals surface area contributed by atoms with Crippen LogP contribution < -0.4 is 0 Å². The molecule has 0 aromatic carbocycles. The van der Waals surface area contributed by atoms with Gasteiger partial charge in [-0.2, -0.15) is 0 Å². The second-order valence-corrected chi connectivity index (χ2v) is 8.25. The van der Waals surface area contributed by atoms with Crippen molar-refractivity contribution in [2.75, 3.05) is 59.5 Å². The number of nitrogens with zero attached hydrogens (tertiary/aromatic N) is 3. The minimum atomic E-state index is 0.182. The van der Waals surface area contributed by atoms with Crippen LogP contribution in [0.4, 0.5) is 0 Å². The molecule has 0 radical (unpaired) electrons. The van der Waals surface area contributed by atoms with Gasteiger partial charge in [0.05, 0.1) is 6.42 Å². The Morgan fingerprint density at radius 2 is 2.08 bits per heavy atom. The molecule has 2 aliphatic heterocycles. The number of carbonyl (C=O) groups is 1. The Morgan fingerprint density at radius 1 is 1.25 bits per heavy atom. The predicted molar refractivity (Wildman–Crippen MR) is 97.2 cm³/mol. The van der Waals surface area contributed by atoms with E-state index in [1.807, 2.05) is 22.4 Å². The van der Waals surface area contributed by atoms with E-state index in [2.05, 4.69) is 16.8 Å². The summed E-state index contributed by atoms with van der Waals surface area (Å²) in [5.41, 5.74) is 0. The average Bonchev–Trinajstić information content (AvgIpc) is 3.17. The Kier molecular flexibility index (Phi) is 6.27. The zero-order chi connectivity index (χ0) is 16.9. The molecule has 0 saturated carbocycles. The van der Waals surface area contributed by atoms with E-state index >= 15 is 0 Å². The number of likely N-dealkylation sites (tertiary alicyclic amines) is 1. The summed E-state index contributed by atoms with van der Waals surface area (Å²) in [6.45, 7) is 7.17. The molecule has 3 heterocycles. The number of hydrogen-bond acceptors (Lipinski definition) is 5. The largest absolute Gasteiger partial charge is 0.396 e. The van der Waals surface area contributed by atoms with Gasteiger partial charge in [0.25, 0.3) is 0 Å². The summed E-state index contributed by atoms with van der Waals surface area (Å²) in [5, 5.41) is 11.8. The predicted octanol–water partition coefficient (Wildman–Crippen LogP) is 0.995. The molecule has 1 aromatic heterocycles. The average molecular weight is 352 g/mol. The number of likely N-dealkylation sites (N-methyl/N-ethyl adjacent to an activating group) is 1. The zero-order valence-electron chi connectivity index (χ0n) is 14.6. The lowest BCUT2D eigenvalue weighted by molar-refractivity contribution is -0.129. The molecule has 0 spiro atoms. The molecular weight excluding hydrogens is 322 g/mol. The van der Waals surface area contributed by atoms with Crippen LogP contribution in [0.3, 0.4) is 0 Å². The lowest BCUT2D eigenvalue weighted by Crippen LogP contribution is -2.36. The van der Waals surface area contributed by atoms with Gasteiger partial charge in [-0.3, -0.25) is 4.79 Å². The molecule has 0 aliphatic carbocycles. The van der Waals surface area contributed by atoms with Crippen LogP contribution in [0.25, 0.3) is 0 Å². The highest BCUT2D eigenvalue weighted by Crippen LogP contribution is 2.25. The molecule has 24 heavy (non-hydrogen) atoms. The molecule has 6 heteroatoms. The first-order valence-electron chi connectivity index (χ1n) is 8.97. The van der Waals surface area contributed by atoms with Gasteiger partial charge < -0.3 is 19.8 Å². The van der Waals surface area contributed by atoms with Gasteiger partial charge in [-0.15, -0.1) is 11.3 Å². The normalized spacial score (nSPS) is 26.7. The van der Waals surface area contributed by atoms with Gasteiger partial charge in [-0.1, -0.05) is 6.07 Å². The summed E-state index contributed by atoms with van der Waals surface area (Å²) >= 11 is 1.64. The Labute approximate surface area is 148 Å². The van der Waals surface area contributed by atoms with E-state index in [0.29, 0.717) is 18.9 Å². The third-order valence-corrected chi connectivity index (χ3v) is 6.25. The summed E-state index contributed by atoms with van der Waals surface area (Å²) in [7, 11) is 2.18. The fourth-order valence-electron chi connectivity index (χ4n) is 3.84. The Bertz CT molecular complexity index is 522. The lowest BCUT2D eigenvalue weighted by atomic mass is 9.96. The van der Waals surface area contributed by atoms with Crippen molar-refractivity contribution in [2.45, 2.75) is 12.8 Å². The van der Waals surface area contributed by atoms with Crippen molar-refractivity contribution in [1.29, 1.82) is 0 Å². The van der Waals surface area contributed by atoms with Crippen LogP contribution >= 0.6 is 11.3 Å². The van der Waals surface area contributed by atoms with Gasteiger partial charge in [0.15, 0.2) is 0 Å². The molecule has 2 saturated heterocycles. The molecular formula is C18H29N3O2S. The van der Waals surface area contributed by atoms with Crippen molar-refractivity contribution >= 4 is 17.2 Å². The molecule has 1 N–H and O–H groups in total.